The van der Waals surface area contributed by atoms with Crippen molar-refractivity contribution in [2.45, 2.75) is 38.8 Å². The third-order valence-electron chi connectivity index (χ3n) is 3.52. The van der Waals surface area contributed by atoms with E-state index in [0.29, 0.717) is 13.1 Å². The van der Waals surface area contributed by atoms with E-state index in [-0.39, 0.29) is 11.8 Å². The molecule has 0 aromatic carbocycles. The number of carboxylic acid groups (broad SMARTS) is 1. The second-order valence-electron chi connectivity index (χ2n) is 4.85. The average Bonchev–Trinajstić information content (AvgIpc) is 2.38. The number of piperazine rings is 1. The molecule has 3 atom stereocenters. The molecule has 1 rings (SSSR count). The highest BCUT2D eigenvalue weighted by molar-refractivity contribution is 5.93. The molecule has 19 heavy (non-hydrogen) atoms. The Morgan fingerprint density at radius 1 is 1.58 bits per heavy atom. The van der Waals surface area contributed by atoms with E-state index in [1.807, 2.05) is 13.8 Å². The van der Waals surface area contributed by atoms with Crippen LogP contribution in [0.1, 0.15) is 26.7 Å². The third kappa shape index (κ3) is 3.66. The van der Waals surface area contributed by atoms with E-state index in [1.54, 1.807) is 0 Å². The summed E-state index contributed by atoms with van der Waals surface area (Å²) in [5.41, 5.74) is 5.87. The van der Waals surface area contributed by atoms with Crippen LogP contribution < -0.4 is 11.1 Å². The lowest BCUT2D eigenvalue weighted by Crippen LogP contribution is -2.61. The molecule has 1 fully saturated rings. The molecule has 1 saturated heterocycles. The maximum absolute atomic E-state index is 12.3. The van der Waals surface area contributed by atoms with Crippen molar-refractivity contribution in [3.05, 3.63) is 0 Å². The van der Waals surface area contributed by atoms with Crippen LogP contribution in [0.25, 0.3) is 0 Å². The van der Waals surface area contributed by atoms with Gasteiger partial charge in [-0.15, -0.1) is 0 Å². The van der Waals surface area contributed by atoms with Crippen LogP contribution in [-0.4, -0.2) is 53.0 Å². The summed E-state index contributed by atoms with van der Waals surface area (Å²) >= 11 is 0. The first kappa shape index (κ1) is 15.4. The monoisotopic (exact) mass is 271 g/mol. The Kier molecular flexibility index (Phi) is 5.29. The quantitative estimate of drug-likeness (QED) is 0.603. The number of hydrogen-bond donors (Lipinski definition) is 3. The molecule has 0 aromatic heterocycles. The molecule has 1 aliphatic rings. The second-order valence-corrected chi connectivity index (χ2v) is 4.85. The van der Waals surface area contributed by atoms with Gasteiger partial charge in [0.1, 0.15) is 6.04 Å². The van der Waals surface area contributed by atoms with Crippen LogP contribution in [0.15, 0.2) is 0 Å². The summed E-state index contributed by atoms with van der Waals surface area (Å²) in [6.45, 7) is 4.41. The molecule has 7 heteroatoms. The van der Waals surface area contributed by atoms with Crippen LogP contribution in [-0.2, 0) is 14.4 Å². The van der Waals surface area contributed by atoms with Gasteiger partial charge in [-0.1, -0.05) is 20.3 Å². The minimum atomic E-state index is -1.11. The molecular formula is C12H21N3O4. The van der Waals surface area contributed by atoms with Gasteiger partial charge < -0.3 is 21.1 Å². The summed E-state index contributed by atoms with van der Waals surface area (Å²) in [7, 11) is 0. The maximum Gasteiger partial charge on any atom is 0.305 e. The average molecular weight is 271 g/mol. The molecule has 1 aliphatic heterocycles. The van der Waals surface area contributed by atoms with Crippen LogP contribution in [0.2, 0.25) is 0 Å². The van der Waals surface area contributed by atoms with Crippen molar-refractivity contribution in [1.29, 1.82) is 0 Å². The molecule has 0 radical (unpaired) electrons. The number of nitrogens with two attached hydrogens (primary N) is 1. The second kappa shape index (κ2) is 6.51. The number of amides is 2. The first-order chi connectivity index (χ1) is 8.88. The third-order valence-corrected chi connectivity index (χ3v) is 3.52. The number of carbonyl (C=O) groups is 3. The van der Waals surface area contributed by atoms with Crippen LogP contribution in [0.4, 0.5) is 0 Å². The summed E-state index contributed by atoms with van der Waals surface area (Å²) in [4.78, 5) is 36.0. The normalized spacial score (nSPS) is 22.6. The Morgan fingerprint density at radius 3 is 2.74 bits per heavy atom. The van der Waals surface area contributed by atoms with E-state index in [1.165, 1.54) is 4.90 Å². The van der Waals surface area contributed by atoms with Crippen LogP contribution in [0.3, 0.4) is 0 Å². The Labute approximate surface area is 112 Å². The number of hydrogen-bond acceptors (Lipinski definition) is 4. The molecule has 0 saturated carbocycles. The first-order valence-corrected chi connectivity index (χ1v) is 6.44. The zero-order valence-electron chi connectivity index (χ0n) is 11.3. The minimum Gasteiger partial charge on any atom is -0.481 e. The van der Waals surface area contributed by atoms with Crippen molar-refractivity contribution in [3.63, 3.8) is 0 Å². The fourth-order valence-corrected chi connectivity index (χ4v) is 2.04. The van der Waals surface area contributed by atoms with Gasteiger partial charge in [0.05, 0.1) is 12.5 Å². The summed E-state index contributed by atoms with van der Waals surface area (Å²) in [5.74, 6) is -1.91. The van der Waals surface area contributed by atoms with E-state index < -0.39 is 30.4 Å². The smallest absolute Gasteiger partial charge is 0.305 e. The number of nitrogens with zero attached hydrogens (tertiary/aromatic N) is 1. The Morgan fingerprint density at radius 2 is 2.21 bits per heavy atom. The van der Waals surface area contributed by atoms with E-state index in [4.69, 9.17) is 10.8 Å². The van der Waals surface area contributed by atoms with Gasteiger partial charge >= 0.3 is 5.97 Å². The Balaban J connectivity index is 2.84. The van der Waals surface area contributed by atoms with Crippen molar-refractivity contribution in [3.8, 4) is 0 Å². The fourth-order valence-electron chi connectivity index (χ4n) is 2.04. The predicted octanol–water partition coefficient (Wildman–Crippen LogP) is -0.838. The molecule has 4 N–H and O–H groups in total. The molecular weight excluding hydrogens is 250 g/mol. The molecule has 2 amide bonds. The van der Waals surface area contributed by atoms with E-state index >= 15 is 0 Å². The molecule has 0 aromatic rings. The van der Waals surface area contributed by atoms with Gasteiger partial charge in [-0.2, -0.15) is 0 Å². The minimum absolute atomic E-state index is 0.0111. The number of nitrogens with one attached hydrogen (secondary N) is 1. The lowest BCUT2D eigenvalue weighted by Gasteiger charge is -2.36. The predicted molar refractivity (Wildman–Crippen MR) is 68.2 cm³/mol. The van der Waals surface area contributed by atoms with Gasteiger partial charge in [0, 0.05) is 13.1 Å². The largest absolute Gasteiger partial charge is 0.481 e. The molecule has 108 valence electrons. The van der Waals surface area contributed by atoms with Crippen LogP contribution in [0, 0.1) is 5.92 Å². The highest BCUT2D eigenvalue weighted by Gasteiger charge is 2.37. The first-order valence-electron chi connectivity index (χ1n) is 6.44. The molecule has 0 aliphatic carbocycles. The lowest BCUT2D eigenvalue weighted by atomic mass is 9.97. The van der Waals surface area contributed by atoms with Crippen LogP contribution in [0.5, 0.6) is 0 Å². The molecule has 0 bridgehead atoms. The van der Waals surface area contributed by atoms with Gasteiger partial charge in [0.15, 0.2) is 0 Å². The summed E-state index contributed by atoms with van der Waals surface area (Å²) < 4.78 is 0. The van der Waals surface area contributed by atoms with Crippen molar-refractivity contribution in [2.75, 3.05) is 13.1 Å². The van der Waals surface area contributed by atoms with Crippen molar-refractivity contribution in [2.24, 2.45) is 11.7 Å². The van der Waals surface area contributed by atoms with E-state index in [9.17, 15) is 14.4 Å². The summed E-state index contributed by atoms with van der Waals surface area (Å²) in [6.07, 6.45) is 0.349. The van der Waals surface area contributed by atoms with Crippen molar-refractivity contribution < 1.29 is 19.5 Å². The van der Waals surface area contributed by atoms with Gasteiger partial charge in [0.25, 0.3) is 0 Å². The van der Waals surface area contributed by atoms with Gasteiger partial charge in [0.2, 0.25) is 11.8 Å². The summed E-state index contributed by atoms with van der Waals surface area (Å²) in [5, 5.41) is 11.4. The zero-order chi connectivity index (χ0) is 14.6. The SMILES string of the molecule is CCC(C)C(N)C(=O)N1CCNC(=O)C1CC(=O)O. The van der Waals surface area contributed by atoms with Gasteiger partial charge in [-0.05, 0) is 5.92 Å². The summed E-state index contributed by atoms with van der Waals surface area (Å²) in [6, 6.07) is -1.67. The number of carbonyl (C=O) groups excluding carboxylic acids is 2. The molecule has 1 heterocycles. The fraction of sp³-hybridized carbons (Fsp3) is 0.750. The molecule has 0 spiro atoms. The zero-order valence-corrected chi connectivity index (χ0v) is 11.3. The standard InChI is InChI=1S/C12H21N3O4/c1-3-7(2)10(13)12(19)15-5-4-14-11(18)8(15)6-9(16)17/h7-8,10H,3-6,13H2,1-2H3,(H,14,18)(H,16,17). The molecule has 7 nitrogen and oxygen atoms in total. The van der Waals surface area contributed by atoms with Crippen LogP contribution >= 0.6 is 0 Å². The van der Waals surface area contributed by atoms with Crippen molar-refractivity contribution >= 4 is 17.8 Å². The highest BCUT2D eigenvalue weighted by atomic mass is 16.4. The number of rotatable bonds is 5. The van der Waals surface area contributed by atoms with Gasteiger partial charge in [-0.25, -0.2) is 0 Å². The van der Waals surface area contributed by atoms with E-state index in [2.05, 4.69) is 5.32 Å². The number of carboxylic acids is 1. The highest BCUT2D eigenvalue weighted by Crippen LogP contribution is 2.14. The van der Waals surface area contributed by atoms with E-state index in [0.717, 1.165) is 6.42 Å². The van der Waals surface area contributed by atoms with Gasteiger partial charge in [-0.3, -0.25) is 14.4 Å². The van der Waals surface area contributed by atoms with Crippen molar-refractivity contribution in [1.82, 2.24) is 10.2 Å². The topological polar surface area (TPSA) is 113 Å². The maximum atomic E-state index is 12.3. The molecule has 3 unspecified atom stereocenters. The lowest BCUT2D eigenvalue weighted by molar-refractivity contribution is -0.149. The Bertz CT molecular complexity index is 372. The Hall–Kier alpha value is -1.63. The number of aliphatic carboxylic acids is 1.